The number of carbonyl (C=O) groups is 2. The summed E-state index contributed by atoms with van der Waals surface area (Å²) in [5, 5.41) is 18.8. The molecule has 1 fully saturated rings. The van der Waals surface area contributed by atoms with Gasteiger partial charge in [-0.15, -0.1) is 11.8 Å². The maximum absolute atomic E-state index is 13.1. The number of hydrogen-bond donors (Lipinski definition) is 2. The Labute approximate surface area is 172 Å². The van der Waals surface area contributed by atoms with Crippen LogP contribution < -0.4 is 0 Å². The van der Waals surface area contributed by atoms with Crippen LogP contribution in [0.25, 0.3) is 0 Å². The van der Waals surface area contributed by atoms with Gasteiger partial charge in [0.05, 0.1) is 6.10 Å². The van der Waals surface area contributed by atoms with Crippen LogP contribution in [-0.4, -0.2) is 34.0 Å². The minimum absolute atomic E-state index is 0.00654. The second kappa shape index (κ2) is 12.1. The number of Topliss-reactive ketones (excluding diaryl/α,β-unsaturated/α-hetero) is 1. The van der Waals surface area contributed by atoms with Gasteiger partial charge < -0.3 is 10.2 Å². The molecule has 6 heteroatoms. The molecule has 0 aliphatic heterocycles. The standard InChI is InChI=1S/C23H34F2O4/c1-4-5-7-10-16(2)20(26)13-12-18-17(3)15-21(27)19(18)11-8-6-9-14-23(24,25)22(28)29/h12-13,16-20,26H,4,6,8-11,14-15H2,1-3H3,(H,28,29)/b13-12+/t16-,17+,18-,19+,20+/m0/s1. The largest absolute Gasteiger partial charge is 0.477 e. The molecule has 2 N–H and O–H groups in total. The molecule has 1 saturated carbocycles. The zero-order valence-electron chi connectivity index (χ0n) is 17.7. The van der Waals surface area contributed by atoms with E-state index in [1.807, 2.05) is 26.8 Å². The van der Waals surface area contributed by atoms with Gasteiger partial charge in [0.15, 0.2) is 0 Å². The van der Waals surface area contributed by atoms with E-state index in [0.29, 0.717) is 32.1 Å². The van der Waals surface area contributed by atoms with Crippen LogP contribution in [-0.2, 0) is 9.59 Å². The smallest absolute Gasteiger partial charge is 0.374 e. The zero-order chi connectivity index (χ0) is 22.0. The van der Waals surface area contributed by atoms with Gasteiger partial charge in [-0.2, -0.15) is 8.78 Å². The molecule has 0 aromatic heterocycles. The molecule has 29 heavy (non-hydrogen) atoms. The monoisotopic (exact) mass is 412 g/mol. The topological polar surface area (TPSA) is 74.6 Å². The number of aliphatic hydroxyl groups is 1. The highest BCUT2D eigenvalue weighted by Gasteiger charge is 2.39. The molecular weight excluding hydrogens is 378 g/mol. The molecule has 0 amide bonds. The molecule has 0 unspecified atom stereocenters. The van der Waals surface area contributed by atoms with Crippen LogP contribution in [0.3, 0.4) is 0 Å². The van der Waals surface area contributed by atoms with Crippen LogP contribution in [0.5, 0.6) is 0 Å². The van der Waals surface area contributed by atoms with Gasteiger partial charge in [-0.3, -0.25) is 4.79 Å². The number of alkyl halides is 2. The second-order valence-corrected chi connectivity index (χ2v) is 8.20. The number of hydrogen-bond acceptors (Lipinski definition) is 3. The van der Waals surface area contributed by atoms with Crippen molar-refractivity contribution in [2.45, 2.75) is 84.2 Å². The molecule has 0 spiro atoms. The third-order valence-electron chi connectivity index (χ3n) is 5.72. The highest BCUT2D eigenvalue weighted by molar-refractivity contribution is 5.84. The molecule has 1 rings (SSSR count). The average Bonchev–Trinajstić information content (AvgIpc) is 2.92. The van der Waals surface area contributed by atoms with Crippen LogP contribution in [0.2, 0.25) is 0 Å². The summed E-state index contributed by atoms with van der Waals surface area (Å²) in [5.41, 5.74) is 0. The predicted octanol–water partition coefficient (Wildman–Crippen LogP) is 4.85. The summed E-state index contributed by atoms with van der Waals surface area (Å²) in [4.78, 5) is 22.8. The third kappa shape index (κ3) is 8.26. The minimum atomic E-state index is -3.68. The van der Waals surface area contributed by atoms with E-state index in [9.17, 15) is 23.5 Å². The van der Waals surface area contributed by atoms with Crippen LogP contribution in [0.1, 0.15) is 72.1 Å². The van der Waals surface area contributed by atoms with E-state index in [0.717, 1.165) is 6.42 Å². The number of unbranched alkanes of at least 4 members (excludes halogenated alkanes) is 2. The lowest BCUT2D eigenvalue weighted by atomic mass is 9.85. The zero-order valence-corrected chi connectivity index (χ0v) is 17.7. The van der Waals surface area contributed by atoms with Gasteiger partial charge in [0, 0.05) is 31.6 Å². The Hall–Kier alpha value is -1.74. The second-order valence-electron chi connectivity index (χ2n) is 8.20. The van der Waals surface area contributed by atoms with Gasteiger partial charge in [-0.25, -0.2) is 4.79 Å². The van der Waals surface area contributed by atoms with Crippen molar-refractivity contribution >= 4 is 11.8 Å². The lowest BCUT2D eigenvalue weighted by Crippen LogP contribution is -2.27. The Morgan fingerprint density at radius 2 is 2.00 bits per heavy atom. The van der Waals surface area contributed by atoms with Crippen molar-refractivity contribution in [2.75, 3.05) is 0 Å². The normalized spacial score (nSPS) is 24.3. The van der Waals surface area contributed by atoms with Gasteiger partial charge in [-0.1, -0.05) is 45.8 Å². The number of carboxylic acid groups (broad SMARTS) is 1. The van der Waals surface area contributed by atoms with Crippen molar-refractivity contribution in [1.82, 2.24) is 0 Å². The third-order valence-corrected chi connectivity index (χ3v) is 5.72. The lowest BCUT2D eigenvalue weighted by Gasteiger charge is -2.20. The molecule has 0 aromatic carbocycles. The Kier molecular flexibility index (Phi) is 10.5. The molecule has 4 nitrogen and oxygen atoms in total. The summed E-state index contributed by atoms with van der Waals surface area (Å²) in [6.45, 7) is 5.93. The van der Waals surface area contributed by atoms with Gasteiger partial charge in [0.1, 0.15) is 5.78 Å². The SMILES string of the molecule is CCC#CC[C@H](C)[C@H](O)/C=C/[C@H]1[C@H](C)CC(=O)[C@@H]1CCCCCC(F)(F)C(=O)O. The average molecular weight is 413 g/mol. The highest BCUT2D eigenvalue weighted by Crippen LogP contribution is 2.38. The van der Waals surface area contributed by atoms with E-state index in [2.05, 4.69) is 11.8 Å². The summed E-state index contributed by atoms with van der Waals surface area (Å²) in [7, 11) is 0. The Morgan fingerprint density at radius 1 is 1.31 bits per heavy atom. The van der Waals surface area contributed by atoms with E-state index < -0.39 is 24.4 Å². The first kappa shape index (κ1) is 25.3. The van der Waals surface area contributed by atoms with E-state index in [1.54, 1.807) is 6.08 Å². The summed E-state index contributed by atoms with van der Waals surface area (Å²) in [5.74, 6) is 0.498. The number of halogens is 2. The quantitative estimate of drug-likeness (QED) is 0.289. The van der Waals surface area contributed by atoms with Crippen molar-refractivity contribution < 1.29 is 28.6 Å². The Morgan fingerprint density at radius 3 is 2.62 bits per heavy atom. The number of aliphatic carboxylic acids is 1. The van der Waals surface area contributed by atoms with Gasteiger partial charge in [-0.05, 0) is 30.6 Å². The molecule has 0 heterocycles. The number of rotatable bonds is 11. The highest BCUT2D eigenvalue weighted by atomic mass is 19.3. The predicted molar refractivity (Wildman–Crippen MR) is 108 cm³/mol. The molecule has 164 valence electrons. The molecule has 0 aromatic rings. The van der Waals surface area contributed by atoms with E-state index >= 15 is 0 Å². The first-order chi connectivity index (χ1) is 13.6. The minimum Gasteiger partial charge on any atom is -0.477 e. The fourth-order valence-corrected chi connectivity index (χ4v) is 3.80. The van der Waals surface area contributed by atoms with Crippen molar-refractivity contribution in [1.29, 1.82) is 0 Å². The number of aliphatic hydroxyl groups excluding tert-OH is 1. The maximum atomic E-state index is 13.1. The molecule has 1 aliphatic rings. The molecule has 1 aliphatic carbocycles. The van der Waals surface area contributed by atoms with E-state index in [-0.39, 0.29) is 35.9 Å². The number of carboxylic acids is 1. The molecule has 5 atom stereocenters. The Balaban J connectivity index is 2.54. The van der Waals surface area contributed by atoms with Gasteiger partial charge in [0.2, 0.25) is 0 Å². The summed E-state index contributed by atoms with van der Waals surface area (Å²) < 4.78 is 26.2. The van der Waals surface area contributed by atoms with Crippen LogP contribution in [0.15, 0.2) is 12.2 Å². The first-order valence-electron chi connectivity index (χ1n) is 10.6. The van der Waals surface area contributed by atoms with Crippen molar-refractivity contribution in [2.24, 2.45) is 23.7 Å². The summed E-state index contributed by atoms with van der Waals surface area (Å²) in [6, 6.07) is 0. The number of ketones is 1. The van der Waals surface area contributed by atoms with Gasteiger partial charge >= 0.3 is 11.9 Å². The summed E-state index contributed by atoms with van der Waals surface area (Å²) >= 11 is 0. The van der Waals surface area contributed by atoms with Crippen molar-refractivity contribution in [3.8, 4) is 11.8 Å². The summed E-state index contributed by atoms with van der Waals surface area (Å²) in [6.07, 6.45) is 6.08. The fourth-order valence-electron chi connectivity index (χ4n) is 3.80. The molecular formula is C23H34F2O4. The number of carbonyl (C=O) groups excluding carboxylic acids is 1. The lowest BCUT2D eigenvalue weighted by molar-refractivity contribution is -0.165. The van der Waals surface area contributed by atoms with Crippen LogP contribution >= 0.6 is 0 Å². The molecule has 0 saturated heterocycles. The van der Waals surface area contributed by atoms with E-state index in [1.165, 1.54) is 0 Å². The maximum Gasteiger partial charge on any atom is 0.374 e. The molecule has 0 radical (unpaired) electrons. The fraction of sp³-hybridized carbons (Fsp3) is 0.739. The van der Waals surface area contributed by atoms with Crippen molar-refractivity contribution in [3.05, 3.63) is 12.2 Å². The van der Waals surface area contributed by atoms with Crippen LogP contribution in [0, 0.1) is 35.5 Å². The van der Waals surface area contributed by atoms with Crippen molar-refractivity contribution in [3.63, 3.8) is 0 Å². The van der Waals surface area contributed by atoms with Crippen LogP contribution in [0.4, 0.5) is 8.78 Å². The number of allylic oxidation sites excluding steroid dienone is 1. The molecule has 0 bridgehead atoms. The van der Waals surface area contributed by atoms with Gasteiger partial charge in [0.25, 0.3) is 0 Å². The first-order valence-corrected chi connectivity index (χ1v) is 10.6. The van der Waals surface area contributed by atoms with E-state index in [4.69, 9.17) is 5.11 Å². The Bertz CT molecular complexity index is 633.